The van der Waals surface area contributed by atoms with E-state index in [0.717, 1.165) is 32.5 Å². The number of likely N-dealkylation sites (N-methyl/N-ethyl adjacent to an activating group) is 1. The maximum Gasteiger partial charge on any atom is 0.223 e. The number of hydrogen-bond acceptors (Lipinski definition) is 3. The molecular formula is C14H27N3O. The molecule has 0 aromatic heterocycles. The van der Waals surface area contributed by atoms with E-state index in [1.807, 2.05) is 0 Å². The van der Waals surface area contributed by atoms with Gasteiger partial charge in [-0.2, -0.15) is 0 Å². The summed E-state index contributed by atoms with van der Waals surface area (Å²) in [5.41, 5.74) is 6.24. The first kappa shape index (κ1) is 13.8. The number of hydrogen-bond donors (Lipinski definition) is 3. The van der Waals surface area contributed by atoms with E-state index in [2.05, 4.69) is 17.6 Å². The minimum absolute atomic E-state index is 0.210. The predicted molar refractivity (Wildman–Crippen MR) is 73.1 cm³/mol. The fourth-order valence-corrected chi connectivity index (χ4v) is 3.60. The van der Waals surface area contributed by atoms with Crippen LogP contribution in [0.2, 0.25) is 0 Å². The van der Waals surface area contributed by atoms with E-state index in [-0.39, 0.29) is 11.8 Å². The van der Waals surface area contributed by atoms with E-state index in [1.165, 1.54) is 19.3 Å². The summed E-state index contributed by atoms with van der Waals surface area (Å²) in [4.78, 5) is 12.1. The summed E-state index contributed by atoms with van der Waals surface area (Å²) in [6, 6.07) is 0.351. The number of carbonyl (C=O) groups excluding carboxylic acids is 1. The van der Waals surface area contributed by atoms with Gasteiger partial charge in [0.25, 0.3) is 0 Å². The molecule has 2 atom stereocenters. The highest BCUT2D eigenvalue weighted by molar-refractivity contribution is 5.78. The topological polar surface area (TPSA) is 67.1 Å². The van der Waals surface area contributed by atoms with Gasteiger partial charge in [-0.05, 0) is 44.1 Å². The fourth-order valence-electron chi connectivity index (χ4n) is 3.60. The van der Waals surface area contributed by atoms with Crippen LogP contribution in [-0.4, -0.2) is 31.6 Å². The molecule has 0 aromatic rings. The van der Waals surface area contributed by atoms with Crippen molar-refractivity contribution in [3.05, 3.63) is 0 Å². The van der Waals surface area contributed by atoms with Crippen LogP contribution >= 0.6 is 0 Å². The molecule has 0 radical (unpaired) electrons. The van der Waals surface area contributed by atoms with Crippen molar-refractivity contribution in [3.63, 3.8) is 0 Å². The van der Waals surface area contributed by atoms with Gasteiger partial charge in [-0.1, -0.05) is 13.3 Å². The molecule has 104 valence electrons. The molecule has 2 aliphatic rings. The van der Waals surface area contributed by atoms with Gasteiger partial charge < -0.3 is 16.4 Å². The van der Waals surface area contributed by atoms with Gasteiger partial charge in [-0.25, -0.2) is 0 Å². The summed E-state index contributed by atoms with van der Waals surface area (Å²) in [7, 11) is 0. The van der Waals surface area contributed by atoms with Gasteiger partial charge in [0, 0.05) is 25.0 Å². The SMILES string of the molecule is CCNCCNC(=O)C1CC2CCCC(C1)C2N. The maximum absolute atomic E-state index is 12.1. The maximum atomic E-state index is 12.1. The molecule has 0 heterocycles. The fraction of sp³-hybridized carbons (Fsp3) is 0.929. The van der Waals surface area contributed by atoms with Crippen LogP contribution in [0.25, 0.3) is 0 Å². The van der Waals surface area contributed by atoms with Crippen LogP contribution in [0.5, 0.6) is 0 Å². The Hall–Kier alpha value is -0.610. The molecule has 0 spiro atoms. The lowest BCUT2D eigenvalue weighted by Crippen LogP contribution is -2.49. The zero-order valence-electron chi connectivity index (χ0n) is 11.5. The Bertz CT molecular complexity index is 268. The number of nitrogens with two attached hydrogens (primary N) is 1. The second-order valence-corrected chi connectivity index (χ2v) is 5.84. The number of carbonyl (C=O) groups is 1. The molecule has 0 saturated heterocycles. The molecule has 18 heavy (non-hydrogen) atoms. The molecule has 2 rings (SSSR count). The first-order chi connectivity index (χ1) is 8.72. The summed E-state index contributed by atoms with van der Waals surface area (Å²) >= 11 is 0. The Morgan fingerprint density at radius 2 is 1.89 bits per heavy atom. The molecular weight excluding hydrogens is 226 g/mol. The van der Waals surface area contributed by atoms with E-state index in [4.69, 9.17) is 5.73 Å². The molecule has 2 fully saturated rings. The first-order valence-corrected chi connectivity index (χ1v) is 7.46. The van der Waals surface area contributed by atoms with Crippen molar-refractivity contribution >= 4 is 5.91 Å². The van der Waals surface area contributed by atoms with Crippen LogP contribution in [-0.2, 0) is 4.79 Å². The third-order valence-electron chi connectivity index (χ3n) is 4.63. The minimum Gasteiger partial charge on any atom is -0.355 e. The number of nitrogens with one attached hydrogen (secondary N) is 2. The van der Waals surface area contributed by atoms with E-state index in [9.17, 15) is 4.79 Å². The van der Waals surface area contributed by atoms with Gasteiger partial charge in [-0.15, -0.1) is 0 Å². The van der Waals surface area contributed by atoms with E-state index >= 15 is 0 Å². The van der Waals surface area contributed by atoms with Crippen molar-refractivity contribution in [1.82, 2.24) is 10.6 Å². The number of fused-ring (bicyclic) bond motifs is 2. The quantitative estimate of drug-likeness (QED) is 0.637. The zero-order valence-corrected chi connectivity index (χ0v) is 11.5. The van der Waals surface area contributed by atoms with Crippen LogP contribution in [0.3, 0.4) is 0 Å². The van der Waals surface area contributed by atoms with Crippen molar-refractivity contribution in [2.24, 2.45) is 23.5 Å². The lowest BCUT2D eigenvalue weighted by Gasteiger charge is -2.43. The Balaban J connectivity index is 1.77. The Labute approximate surface area is 110 Å². The van der Waals surface area contributed by atoms with Gasteiger partial charge in [0.1, 0.15) is 0 Å². The van der Waals surface area contributed by atoms with Gasteiger partial charge in [-0.3, -0.25) is 4.79 Å². The van der Waals surface area contributed by atoms with E-state index < -0.39 is 0 Å². The summed E-state index contributed by atoms with van der Waals surface area (Å²) < 4.78 is 0. The summed E-state index contributed by atoms with van der Waals surface area (Å²) in [5.74, 6) is 1.63. The first-order valence-electron chi connectivity index (χ1n) is 7.46. The Morgan fingerprint density at radius 1 is 1.22 bits per heavy atom. The second-order valence-electron chi connectivity index (χ2n) is 5.84. The van der Waals surface area contributed by atoms with Crippen LogP contribution in [0.15, 0.2) is 0 Å². The molecule has 4 nitrogen and oxygen atoms in total. The molecule has 2 saturated carbocycles. The molecule has 0 aromatic carbocycles. The van der Waals surface area contributed by atoms with Gasteiger partial charge >= 0.3 is 0 Å². The summed E-state index contributed by atoms with van der Waals surface area (Å²) in [5, 5.41) is 6.27. The van der Waals surface area contributed by atoms with Gasteiger partial charge in [0.15, 0.2) is 0 Å². The highest BCUT2D eigenvalue weighted by Gasteiger charge is 2.40. The molecule has 0 aliphatic heterocycles. The smallest absolute Gasteiger partial charge is 0.223 e. The average molecular weight is 253 g/mol. The molecule has 2 bridgehead atoms. The van der Waals surface area contributed by atoms with Crippen molar-refractivity contribution in [2.45, 2.75) is 45.1 Å². The Kier molecular flexibility index (Phi) is 5.01. The molecule has 2 aliphatic carbocycles. The van der Waals surface area contributed by atoms with Crippen molar-refractivity contribution in [2.75, 3.05) is 19.6 Å². The standard InChI is InChI=1S/C14H27N3O/c1-2-16-6-7-17-14(18)12-8-10-4-3-5-11(9-12)13(10)15/h10-13,16H,2-9,15H2,1H3,(H,17,18). The molecule has 2 unspecified atom stereocenters. The summed E-state index contributed by atoms with van der Waals surface area (Å²) in [6.07, 6.45) is 5.75. The van der Waals surface area contributed by atoms with Gasteiger partial charge in [0.2, 0.25) is 5.91 Å². The summed E-state index contributed by atoms with van der Waals surface area (Å²) in [6.45, 7) is 4.63. The zero-order chi connectivity index (χ0) is 13.0. The lowest BCUT2D eigenvalue weighted by molar-refractivity contribution is -0.127. The lowest BCUT2D eigenvalue weighted by atomic mass is 9.65. The van der Waals surface area contributed by atoms with Crippen LogP contribution < -0.4 is 16.4 Å². The van der Waals surface area contributed by atoms with Crippen molar-refractivity contribution < 1.29 is 4.79 Å². The highest BCUT2D eigenvalue weighted by Crippen LogP contribution is 2.41. The van der Waals surface area contributed by atoms with Crippen LogP contribution in [0.4, 0.5) is 0 Å². The highest BCUT2D eigenvalue weighted by atomic mass is 16.1. The minimum atomic E-state index is 0.210. The largest absolute Gasteiger partial charge is 0.355 e. The van der Waals surface area contributed by atoms with E-state index in [1.54, 1.807) is 0 Å². The normalized spacial score (nSPS) is 35.2. The molecule has 1 amide bonds. The molecule has 4 N–H and O–H groups in total. The third-order valence-corrected chi connectivity index (χ3v) is 4.63. The second kappa shape index (κ2) is 6.53. The van der Waals surface area contributed by atoms with Crippen molar-refractivity contribution in [3.8, 4) is 0 Å². The molecule has 4 heteroatoms. The Morgan fingerprint density at radius 3 is 2.50 bits per heavy atom. The monoisotopic (exact) mass is 253 g/mol. The number of rotatable bonds is 5. The predicted octanol–water partition coefficient (Wildman–Crippen LogP) is 0.866. The average Bonchev–Trinajstić information content (AvgIpc) is 2.34. The third kappa shape index (κ3) is 3.23. The van der Waals surface area contributed by atoms with E-state index in [0.29, 0.717) is 17.9 Å². The van der Waals surface area contributed by atoms with Crippen molar-refractivity contribution in [1.29, 1.82) is 0 Å². The van der Waals surface area contributed by atoms with Gasteiger partial charge in [0.05, 0.1) is 0 Å². The number of amides is 1. The van der Waals surface area contributed by atoms with Crippen LogP contribution in [0, 0.1) is 17.8 Å². The van der Waals surface area contributed by atoms with Crippen LogP contribution in [0.1, 0.15) is 39.0 Å².